The molecule has 0 bridgehead atoms. The van der Waals surface area contributed by atoms with Gasteiger partial charge >= 0.3 is 5.97 Å². The van der Waals surface area contributed by atoms with E-state index < -0.39 is 5.97 Å². The van der Waals surface area contributed by atoms with Gasteiger partial charge in [-0.1, -0.05) is 16.5 Å². The quantitative estimate of drug-likeness (QED) is 0.646. The average molecular weight is 309 g/mol. The van der Waals surface area contributed by atoms with Crippen LogP contribution in [0.5, 0.6) is 0 Å². The maximum Gasteiger partial charge on any atom is 0.358 e. The average Bonchev–Trinajstić information content (AvgIpc) is 3.03. The van der Waals surface area contributed by atoms with Gasteiger partial charge in [0, 0.05) is 13.0 Å². The van der Waals surface area contributed by atoms with Gasteiger partial charge in [-0.25, -0.2) is 9.78 Å². The maximum absolute atomic E-state index is 11.8. The molecule has 0 radical (unpaired) electrons. The molecule has 112 valence electrons. The van der Waals surface area contributed by atoms with Crippen LogP contribution in [0.25, 0.3) is 0 Å². The van der Waals surface area contributed by atoms with Crippen LogP contribution in [0.2, 0.25) is 0 Å². The molecule has 7 nitrogen and oxygen atoms in total. The standard InChI is InChI=1S/C13H15N3O4S/c1-4-19-12(18)10-11(8(3)17)21-13(15-10)14-6-9-5-7(2)20-16-9/h5H,4,6H2,1-3H3,(H,14,15). The summed E-state index contributed by atoms with van der Waals surface area (Å²) in [5.41, 5.74) is 0.762. The third-order valence-corrected chi connectivity index (χ3v) is 3.63. The van der Waals surface area contributed by atoms with E-state index in [1.165, 1.54) is 6.92 Å². The van der Waals surface area contributed by atoms with Crippen LogP contribution >= 0.6 is 11.3 Å². The summed E-state index contributed by atoms with van der Waals surface area (Å²) in [7, 11) is 0. The summed E-state index contributed by atoms with van der Waals surface area (Å²) in [6.45, 7) is 5.51. The fraction of sp³-hybridized carbons (Fsp3) is 0.385. The second-order valence-corrected chi connectivity index (χ2v) is 5.25. The van der Waals surface area contributed by atoms with Crippen molar-refractivity contribution in [3.05, 3.63) is 28.1 Å². The van der Waals surface area contributed by atoms with E-state index in [1.54, 1.807) is 19.9 Å². The molecule has 21 heavy (non-hydrogen) atoms. The van der Waals surface area contributed by atoms with E-state index in [0.29, 0.717) is 23.1 Å². The highest BCUT2D eigenvalue weighted by Gasteiger charge is 2.22. The molecule has 0 fully saturated rings. The zero-order valence-electron chi connectivity index (χ0n) is 11.9. The highest BCUT2D eigenvalue weighted by Crippen LogP contribution is 2.24. The fourth-order valence-corrected chi connectivity index (χ4v) is 2.48. The third kappa shape index (κ3) is 3.66. The highest BCUT2D eigenvalue weighted by molar-refractivity contribution is 7.17. The van der Waals surface area contributed by atoms with Crippen molar-refractivity contribution in [2.24, 2.45) is 0 Å². The second-order valence-electron chi connectivity index (χ2n) is 4.26. The van der Waals surface area contributed by atoms with Crippen LogP contribution in [-0.4, -0.2) is 28.5 Å². The van der Waals surface area contributed by atoms with Gasteiger partial charge in [0.2, 0.25) is 0 Å². The number of nitrogens with zero attached hydrogens (tertiary/aromatic N) is 2. The molecule has 1 N–H and O–H groups in total. The molecule has 0 amide bonds. The molecular formula is C13H15N3O4S. The van der Waals surface area contributed by atoms with E-state index in [-0.39, 0.29) is 23.0 Å². The molecule has 0 aliphatic rings. The van der Waals surface area contributed by atoms with Crippen LogP contribution in [-0.2, 0) is 11.3 Å². The van der Waals surface area contributed by atoms with Crippen molar-refractivity contribution in [2.45, 2.75) is 27.3 Å². The molecule has 0 aliphatic carbocycles. The van der Waals surface area contributed by atoms with Gasteiger partial charge in [-0.15, -0.1) is 0 Å². The number of hydrogen-bond donors (Lipinski definition) is 1. The van der Waals surface area contributed by atoms with E-state index in [0.717, 1.165) is 11.3 Å². The van der Waals surface area contributed by atoms with Gasteiger partial charge in [0.05, 0.1) is 13.2 Å². The minimum absolute atomic E-state index is 0.0492. The van der Waals surface area contributed by atoms with Crippen molar-refractivity contribution in [3.8, 4) is 0 Å². The van der Waals surface area contributed by atoms with E-state index in [4.69, 9.17) is 9.26 Å². The molecule has 0 spiro atoms. The van der Waals surface area contributed by atoms with Gasteiger partial charge < -0.3 is 14.6 Å². The number of ketones is 1. The fourth-order valence-electron chi connectivity index (χ4n) is 1.64. The normalized spacial score (nSPS) is 10.4. The number of esters is 1. The van der Waals surface area contributed by atoms with Crippen molar-refractivity contribution in [2.75, 3.05) is 11.9 Å². The molecule has 8 heteroatoms. The number of aromatic nitrogens is 2. The SMILES string of the molecule is CCOC(=O)c1nc(NCc2cc(C)on2)sc1C(C)=O. The van der Waals surface area contributed by atoms with Crippen molar-refractivity contribution in [1.82, 2.24) is 10.1 Å². The first-order valence-corrected chi connectivity index (χ1v) is 7.17. The second kappa shape index (κ2) is 6.49. The predicted octanol–water partition coefficient (Wildman–Crippen LogP) is 2.43. The molecule has 2 heterocycles. The molecule has 2 aromatic heterocycles. The van der Waals surface area contributed by atoms with Crippen LogP contribution in [0.1, 0.15) is 45.5 Å². The number of Topliss-reactive ketones (excluding diaryl/α,β-unsaturated/α-hetero) is 1. The van der Waals surface area contributed by atoms with Crippen molar-refractivity contribution in [1.29, 1.82) is 0 Å². The van der Waals surface area contributed by atoms with E-state index >= 15 is 0 Å². The summed E-state index contributed by atoms with van der Waals surface area (Å²) in [6.07, 6.45) is 0. The lowest BCUT2D eigenvalue weighted by Gasteiger charge is -1.99. The van der Waals surface area contributed by atoms with E-state index in [2.05, 4.69) is 15.5 Å². The van der Waals surface area contributed by atoms with Gasteiger partial charge in [-0.05, 0) is 13.8 Å². The van der Waals surface area contributed by atoms with Crippen LogP contribution < -0.4 is 5.32 Å². The Morgan fingerprint density at radius 1 is 1.48 bits per heavy atom. The number of carbonyl (C=O) groups excluding carboxylic acids is 2. The van der Waals surface area contributed by atoms with Gasteiger partial charge in [0.25, 0.3) is 0 Å². The lowest BCUT2D eigenvalue weighted by Crippen LogP contribution is -2.09. The van der Waals surface area contributed by atoms with E-state index in [9.17, 15) is 9.59 Å². The minimum Gasteiger partial charge on any atom is -0.461 e. The summed E-state index contributed by atoms with van der Waals surface area (Å²) < 4.78 is 9.85. The Balaban J connectivity index is 2.15. The number of aryl methyl sites for hydroxylation is 1. The molecule has 0 aromatic carbocycles. The predicted molar refractivity (Wildman–Crippen MR) is 76.6 cm³/mol. The Hall–Kier alpha value is -2.22. The van der Waals surface area contributed by atoms with Gasteiger partial charge in [-0.3, -0.25) is 4.79 Å². The molecule has 0 saturated carbocycles. The topological polar surface area (TPSA) is 94.3 Å². The number of rotatable bonds is 6. The summed E-state index contributed by atoms with van der Waals surface area (Å²) in [5.74, 6) is -0.104. The number of thiazole rings is 1. The van der Waals surface area contributed by atoms with Crippen LogP contribution in [0.15, 0.2) is 10.6 Å². The Kier molecular flexibility index (Phi) is 4.69. The molecule has 2 aromatic rings. The summed E-state index contributed by atoms with van der Waals surface area (Å²) in [4.78, 5) is 27.8. The van der Waals surface area contributed by atoms with E-state index in [1.807, 2.05) is 0 Å². The smallest absolute Gasteiger partial charge is 0.358 e. The van der Waals surface area contributed by atoms with Gasteiger partial charge in [0.1, 0.15) is 16.3 Å². The highest BCUT2D eigenvalue weighted by atomic mass is 32.1. The van der Waals surface area contributed by atoms with Crippen molar-refractivity contribution in [3.63, 3.8) is 0 Å². The minimum atomic E-state index is -0.593. The van der Waals surface area contributed by atoms with Crippen LogP contribution in [0.4, 0.5) is 5.13 Å². The zero-order chi connectivity index (χ0) is 15.4. The van der Waals surface area contributed by atoms with Crippen LogP contribution in [0.3, 0.4) is 0 Å². The largest absolute Gasteiger partial charge is 0.461 e. The van der Waals surface area contributed by atoms with Crippen LogP contribution in [0, 0.1) is 6.92 Å². The lowest BCUT2D eigenvalue weighted by atomic mass is 10.3. The Morgan fingerprint density at radius 3 is 2.81 bits per heavy atom. The molecule has 2 rings (SSSR count). The molecule has 0 saturated heterocycles. The Morgan fingerprint density at radius 2 is 2.24 bits per heavy atom. The number of hydrogen-bond acceptors (Lipinski definition) is 8. The summed E-state index contributed by atoms with van der Waals surface area (Å²) in [6, 6.07) is 1.79. The molecule has 0 atom stereocenters. The Bertz CT molecular complexity index is 662. The monoisotopic (exact) mass is 309 g/mol. The molecular weight excluding hydrogens is 294 g/mol. The van der Waals surface area contributed by atoms with Crippen molar-refractivity contribution >= 4 is 28.2 Å². The summed E-state index contributed by atoms with van der Waals surface area (Å²) in [5, 5.41) is 7.31. The number of anilines is 1. The first kappa shape index (κ1) is 15.2. The summed E-state index contributed by atoms with van der Waals surface area (Å²) >= 11 is 1.12. The molecule has 0 aliphatic heterocycles. The zero-order valence-corrected chi connectivity index (χ0v) is 12.7. The molecule has 0 unspecified atom stereocenters. The first-order valence-electron chi connectivity index (χ1n) is 6.36. The number of nitrogens with one attached hydrogen (secondary N) is 1. The maximum atomic E-state index is 11.8. The number of carbonyl (C=O) groups is 2. The Labute approximate surface area is 125 Å². The first-order chi connectivity index (χ1) is 10.0. The number of ether oxygens (including phenoxy) is 1. The third-order valence-electron chi connectivity index (χ3n) is 2.51. The van der Waals surface area contributed by atoms with Crippen molar-refractivity contribution < 1.29 is 18.8 Å². The van der Waals surface area contributed by atoms with Gasteiger partial charge in [0.15, 0.2) is 16.6 Å². The van der Waals surface area contributed by atoms with Gasteiger partial charge in [-0.2, -0.15) is 0 Å². The lowest BCUT2D eigenvalue weighted by molar-refractivity contribution is 0.0517.